The van der Waals surface area contributed by atoms with Gasteiger partial charge in [0.2, 0.25) is 0 Å². The number of hydrogen-bond acceptors (Lipinski definition) is 2. The average Bonchev–Trinajstić information content (AvgIpc) is 3.59. The number of nitrogens with zero attached hydrogens (tertiary/aromatic N) is 1. The second-order valence-electron chi connectivity index (χ2n) is 13.4. The van der Waals surface area contributed by atoms with E-state index in [9.17, 15) is 0 Å². The van der Waals surface area contributed by atoms with Gasteiger partial charge in [0.1, 0.15) is 11.2 Å². The van der Waals surface area contributed by atoms with E-state index < -0.39 is 0 Å². The molecule has 0 radical (unpaired) electrons. The Morgan fingerprint density at radius 2 is 0.808 bits per heavy atom. The number of para-hydroxylation sites is 2. The van der Waals surface area contributed by atoms with Crippen molar-refractivity contribution in [2.24, 2.45) is 0 Å². The molecule has 10 aromatic rings. The molecule has 0 aliphatic carbocycles. The predicted octanol–water partition coefficient (Wildman–Crippen LogP) is 14.4. The van der Waals surface area contributed by atoms with Crippen LogP contribution in [-0.4, -0.2) is 0 Å². The minimum Gasteiger partial charge on any atom is -0.456 e. The van der Waals surface area contributed by atoms with Crippen LogP contribution in [0.1, 0.15) is 0 Å². The Balaban J connectivity index is 1.07. The van der Waals surface area contributed by atoms with Crippen LogP contribution in [0.15, 0.2) is 205 Å². The fourth-order valence-corrected chi connectivity index (χ4v) is 7.60. The molecule has 0 aliphatic heterocycles. The molecule has 9 aromatic carbocycles. The fourth-order valence-electron chi connectivity index (χ4n) is 7.60. The molecule has 0 bridgehead atoms. The zero-order valence-electron chi connectivity index (χ0n) is 28.4. The number of hydrogen-bond donors (Lipinski definition) is 0. The second-order valence-corrected chi connectivity index (χ2v) is 13.4. The van der Waals surface area contributed by atoms with Crippen molar-refractivity contribution in [3.05, 3.63) is 200 Å². The number of rotatable bonds is 6. The van der Waals surface area contributed by atoms with E-state index >= 15 is 0 Å². The van der Waals surface area contributed by atoms with Gasteiger partial charge in [-0.1, -0.05) is 140 Å². The van der Waals surface area contributed by atoms with Gasteiger partial charge in [-0.05, 0) is 110 Å². The lowest BCUT2D eigenvalue weighted by Gasteiger charge is -2.28. The van der Waals surface area contributed by atoms with E-state index in [1.807, 2.05) is 12.1 Å². The summed E-state index contributed by atoms with van der Waals surface area (Å²) in [6, 6.07) is 71.8. The number of benzene rings is 9. The van der Waals surface area contributed by atoms with Gasteiger partial charge in [-0.2, -0.15) is 0 Å². The second kappa shape index (κ2) is 12.5. The molecule has 0 unspecified atom stereocenters. The molecular weight excluding hydrogens is 631 g/mol. The van der Waals surface area contributed by atoms with Crippen LogP contribution in [0.5, 0.6) is 0 Å². The average molecular weight is 664 g/mol. The third-order valence-corrected chi connectivity index (χ3v) is 10.2. The summed E-state index contributed by atoms with van der Waals surface area (Å²) < 4.78 is 6.23. The van der Waals surface area contributed by atoms with Crippen molar-refractivity contribution in [1.82, 2.24) is 0 Å². The molecule has 0 amide bonds. The van der Waals surface area contributed by atoms with Crippen molar-refractivity contribution in [2.45, 2.75) is 0 Å². The van der Waals surface area contributed by atoms with E-state index in [-0.39, 0.29) is 0 Å². The molecule has 0 saturated heterocycles. The van der Waals surface area contributed by atoms with E-state index in [0.717, 1.165) is 39.0 Å². The van der Waals surface area contributed by atoms with E-state index in [2.05, 4.69) is 193 Å². The van der Waals surface area contributed by atoms with E-state index in [1.165, 1.54) is 54.9 Å². The van der Waals surface area contributed by atoms with Crippen LogP contribution in [0.4, 0.5) is 17.1 Å². The number of fused-ring (bicyclic) bond motifs is 5. The van der Waals surface area contributed by atoms with Crippen molar-refractivity contribution in [3.8, 4) is 33.4 Å². The van der Waals surface area contributed by atoms with Gasteiger partial charge in [0.25, 0.3) is 0 Å². The lowest BCUT2D eigenvalue weighted by Crippen LogP contribution is -2.11. The highest BCUT2D eigenvalue weighted by Gasteiger charge is 2.19. The molecule has 2 nitrogen and oxygen atoms in total. The largest absolute Gasteiger partial charge is 0.456 e. The summed E-state index contributed by atoms with van der Waals surface area (Å²) >= 11 is 0. The normalized spacial score (nSPS) is 11.5. The summed E-state index contributed by atoms with van der Waals surface area (Å²) in [6.45, 7) is 0. The number of furan rings is 1. The van der Waals surface area contributed by atoms with Gasteiger partial charge in [-0.3, -0.25) is 0 Å². The monoisotopic (exact) mass is 663 g/mol. The first-order chi connectivity index (χ1) is 25.7. The van der Waals surface area contributed by atoms with Crippen molar-refractivity contribution >= 4 is 60.5 Å². The summed E-state index contributed by atoms with van der Waals surface area (Å²) in [7, 11) is 0. The third-order valence-electron chi connectivity index (χ3n) is 10.2. The molecule has 0 N–H and O–H groups in total. The van der Waals surface area contributed by atoms with Crippen LogP contribution in [0.2, 0.25) is 0 Å². The molecule has 0 fully saturated rings. The van der Waals surface area contributed by atoms with Crippen molar-refractivity contribution in [3.63, 3.8) is 0 Å². The van der Waals surface area contributed by atoms with Gasteiger partial charge in [0.05, 0.1) is 5.69 Å². The Morgan fingerprint density at radius 3 is 1.52 bits per heavy atom. The molecule has 2 heteroatoms. The highest BCUT2D eigenvalue weighted by molar-refractivity contribution is 6.07. The SMILES string of the molecule is c1ccc(-c2ccc3cc(-c4ccc5cc(N(c6ccc7oc8ccccc8c7c6)c6ccccc6-c6ccccc6)ccc5c4)ccc3c2)cc1. The minimum atomic E-state index is 0.887. The van der Waals surface area contributed by atoms with Gasteiger partial charge in [0, 0.05) is 27.7 Å². The maximum absolute atomic E-state index is 6.23. The van der Waals surface area contributed by atoms with Gasteiger partial charge in [0.15, 0.2) is 0 Å². The minimum absolute atomic E-state index is 0.887. The summed E-state index contributed by atoms with van der Waals surface area (Å²) in [5, 5.41) is 7.09. The molecular formula is C50H33NO. The zero-order chi connectivity index (χ0) is 34.4. The van der Waals surface area contributed by atoms with Gasteiger partial charge in [-0.25, -0.2) is 0 Å². The van der Waals surface area contributed by atoms with E-state index in [0.29, 0.717) is 0 Å². The first kappa shape index (κ1) is 30.0. The maximum Gasteiger partial charge on any atom is 0.135 e. The van der Waals surface area contributed by atoms with Crippen LogP contribution in [0.3, 0.4) is 0 Å². The summed E-state index contributed by atoms with van der Waals surface area (Å²) in [5.41, 5.74) is 12.3. The first-order valence-corrected chi connectivity index (χ1v) is 17.7. The summed E-state index contributed by atoms with van der Waals surface area (Å²) in [6.07, 6.45) is 0. The Bertz CT molecular complexity index is 2910. The highest BCUT2D eigenvalue weighted by Crippen LogP contribution is 2.43. The molecule has 0 atom stereocenters. The zero-order valence-corrected chi connectivity index (χ0v) is 28.4. The van der Waals surface area contributed by atoms with Crippen LogP contribution in [-0.2, 0) is 0 Å². The third kappa shape index (κ3) is 5.30. The van der Waals surface area contributed by atoms with Gasteiger partial charge < -0.3 is 9.32 Å². The molecule has 0 aliphatic rings. The Morgan fingerprint density at radius 1 is 0.308 bits per heavy atom. The smallest absolute Gasteiger partial charge is 0.135 e. The summed E-state index contributed by atoms with van der Waals surface area (Å²) in [5.74, 6) is 0. The van der Waals surface area contributed by atoms with Crippen molar-refractivity contribution in [2.75, 3.05) is 4.90 Å². The lowest BCUT2D eigenvalue weighted by atomic mass is 9.96. The van der Waals surface area contributed by atoms with Crippen LogP contribution < -0.4 is 4.90 Å². The molecule has 10 rings (SSSR count). The molecule has 1 heterocycles. The Hall–Kier alpha value is -6.90. The lowest BCUT2D eigenvalue weighted by molar-refractivity contribution is 0.669. The fraction of sp³-hybridized carbons (Fsp3) is 0. The molecule has 244 valence electrons. The van der Waals surface area contributed by atoms with E-state index in [4.69, 9.17) is 4.42 Å². The molecule has 0 spiro atoms. The standard InChI is InChI=1S/C50H33NO/c1-3-11-34(12-4-1)36-19-20-38-30-39(22-21-37(38)29-36)40-23-24-42-32-43(26-25-41(42)31-40)51(48-17-9-7-15-45(48)35-13-5-2-6-14-35)44-27-28-50-47(33-44)46-16-8-10-18-49(46)52-50/h1-33H. The van der Waals surface area contributed by atoms with Gasteiger partial charge in [-0.15, -0.1) is 0 Å². The first-order valence-electron chi connectivity index (χ1n) is 17.7. The van der Waals surface area contributed by atoms with Crippen molar-refractivity contribution in [1.29, 1.82) is 0 Å². The Labute approximate surface area is 302 Å². The number of anilines is 3. The molecule has 0 saturated carbocycles. The van der Waals surface area contributed by atoms with Gasteiger partial charge >= 0.3 is 0 Å². The summed E-state index contributed by atoms with van der Waals surface area (Å²) in [4.78, 5) is 2.38. The van der Waals surface area contributed by atoms with Crippen LogP contribution in [0, 0.1) is 0 Å². The predicted molar refractivity (Wildman–Crippen MR) is 220 cm³/mol. The Kier molecular flexibility index (Phi) is 7.18. The topological polar surface area (TPSA) is 16.4 Å². The molecule has 52 heavy (non-hydrogen) atoms. The van der Waals surface area contributed by atoms with Crippen molar-refractivity contribution < 1.29 is 4.42 Å². The quantitative estimate of drug-likeness (QED) is 0.176. The maximum atomic E-state index is 6.23. The molecule has 1 aromatic heterocycles. The highest BCUT2D eigenvalue weighted by atomic mass is 16.3. The van der Waals surface area contributed by atoms with Crippen LogP contribution >= 0.6 is 0 Å². The van der Waals surface area contributed by atoms with Crippen LogP contribution in [0.25, 0.3) is 76.9 Å². The van der Waals surface area contributed by atoms with E-state index in [1.54, 1.807) is 0 Å².